The molecular formula is C12H11N3O4. The Morgan fingerprint density at radius 3 is 2.79 bits per heavy atom. The van der Waals surface area contributed by atoms with Gasteiger partial charge in [0.1, 0.15) is 5.69 Å². The molecule has 2 rings (SSSR count). The van der Waals surface area contributed by atoms with Crippen LogP contribution in [0.15, 0.2) is 24.3 Å². The summed E-state index contributed by atoms with van der Waals surface area (Å²) in [6.45, 7) is 1.66. The molecule has 2 aromatic rings. The molecule has 1 aromatic carbocycles. The number of carbonyl (C=O) groups is 1. The van der Waals surface area contributed by atoms with Gasteiger partial charge in [-0.25, -0.2) is 4.79 Å². The van der Waals surface area contributed by atoms with Gasteiger partial charge in [-0.15, -0.1) is 0 Å². The van der Waals surface area contributed by atoms with Crippen LogP contribution in [0, 0.1) is 17.0 Å². The average molecular weight is 261 g/mol. The summed E-state index contributed by atoms with van der Waals surface area (Å²) in [6.07, 6.45) is 0. The van der Waals surface area contributed by atoms with Gasteiger partial charge in [0.15, 0.2) is 0 Å². The first kappa shape index (κ1) is 12.7. The minimum atomic E-state index is -0.541. The number of H-pyrrole nitrogens is 1. The van der Waals surface area contributed by atoms with Gasteiger partial charge in [-0.2, -0.15) is 5.10 Å². The monoisotopic (exact) mass is 261 g/mol. The lowest BCUT2D eigenvalue weighted by molar-refractivity contribution is -0.385. The van der Waals surface area contributed by atoms with Crippen molar-refractivity contribution >= 4 is 11.7 Å². The zero-order valence-electron chi connectivity index (χ0n) is 10.3. The molecule has 1 heterocycles. The predicted molar refractivity (Wildman–Crippen MR) is 66.8 cm³/mol. The average Bonchev–Trinajstić information content (AvgIpc) is 2.87. The van der Waals surface area contributed by atoms with E-state index >= 15 is 0 Å². The second-order valence-electron chi connectivity index (χ2n) is 3.92. The van der Waals surface area contributed by atoms with E-state index < -0.39 is 10.9 Å². The second kappa shape index (κ2) is 4.89. The Labute approximate surface area is 108 Å². The lowest BCUT2D eigenvalue weighted by Crippen LogP contribution is -2.00. The maximum Gasteiger partial charge on any atom is 0.356 e. The Bertz CT molecular complexity index is 648. The number of hydrogen-bond donors (Lipinski definition) is 1. The van der Waals surface area contributed by atoms with Gasteiger partial charge in [-0.3, -0.25) is 15.2 Å². The van der Waals surface area contributed by atoms with E-state index in [9.17, 15) is 14.9 Å². The van der Waals surface area contributed by atoms with Crippen molar-refractivity contribution in [3.8, 4) is 11.3 Å². The number of methoxy groups -OCH3 is 1. The molecule has 1 N–H and O–H groups in total. The molecule has 1 aromatic heterocycles. The van der Waals surface area contributed by atoms with Crippen molar-refractivity contribution in [1.82, 2.24) is 10.2 Å². The summed E-state index contributed by atoms with van der Waals surface area (Å²) in [5, 5.41) is 17.3. The minimum absolute atomic E-state index is 0.0140. The molecule has 7 nitrogen and oxygen atoms in total. The summed E-state index contributed by atoms with van der Waals surface area (Å²) in [4.78, 5) is 21.7. The van der Waals surface area contributed by atoms with Crippen molar-refractivity contribution < 1.29 is 14.5 Å². The Morgan fingerprint density at radius 1 is 1.42 bits per heavy atom. The molecule has 7 heteroatoms. The smallest absolute Gasteiger partial charge is 0.356 e. The van der Waals surface area contributed by atoms with E-state index in [1.54, 1.807) is 19.1 Å². The Balaban J connectivity index is 2.42. The molecule has 0 radical (unpaired) electrons. The summed E-state index contributed by atoms with van der Waals surface area (Å²) >= 11 is 0. The SMILES string of the molecule is COC(=O)c1cc(-c2ccc(C)c([N+](=O)[O-])c2)n[nH]1. The number of aromatic amines is 1. The molecule has 19 heavy (non-hydrogen) atoms. The van der Waals surface area contributed by atoms with E-state index in [-0.39, 0.29) is 11.4 Å². The third-order valence-electron chi connectivity index (χ3n) is 2.68. The summed E-state index contributed by atoms with van der Waals surface area (Å²) < 4.78 is 4.55. The van der Waals surface area contributed by atoms with Crippen molar-refractivity contribution in [1.29, 1.82) is 0 Å². The number of benzene rings is 1. The van der Waals surface area contributed by atoms with Gasteiger partial charge in [-0.1, -0.05) is 12.1 Å². The van der Waals surface area contributed by atoms with Crippen LogP contribution in [-0.4, -0.2) is 28.2 Å². The van der Waals surface area contributed by atoms with Crippen LogP contribution in [0.3, 0.4) is 0 Å². The van der Waals surface area contributed by atoms with Crippen LogP contribution < -0.4 is 0 Å². The minimum Gasteiger partial charge on any atom is -0.464 e. The quantitative estimate of drug-likeness (QED) is 0.518. The zero-order chi connectivity index (χ0) is 14.0. The first-order valence-corrected chi connectivity index (χ1v) is 5.42. The number of aryl methyl sites for hydroxylation is 1. The number of nitro groups is 1. The summed E-state index contributed by atoms with van der Waals surface area (Å²) in [6, 6.07) is 6.26. The first-order chi connectivity index (χ1) is 9.02. The highest BCUT2D eigenvalue weighted by Crippen LogP contribution is 2.25. The fourth-order valence-corrected chi connectivity index (χ4v) is 1.65. The van der Waals surface area contributed by atoms with Crippen LogP contribution in [0.5, 0.6) is 0 Å². The van der Waals surface area contributed by atoms with E-state index in [0.717, 1.165) is 0 Å². The van der Waals surface area contributed by atoms with Crippen molar-refractivity contribution in [2.24, 2.45) is 0 Å². The lowest BCUT2D eigenvalue weighted by Gasteiger charge is -1.99. The van der Waals surface area contributed by atoms with Gasteiger partial charge in [0.25, 0.3) is 5.69 Å². The second-order valence-corrected chi connectivity index (χ2v) is 3.92. The van der Waals surface area contributed by atoms with E-state index in [2.05, 4.69) is 14.9 Å². The molecule has 0 aliphatic carbocycles. The molecule has 0 saturated carbocycles. The number of rotatable bonds is 3. The number of aromatic nitrogens is 2. The van der Waals surface area contributed by atoms with Crippen molar-refractivity contribution in [2.45, 2.75) is 6.92 Å². The van der Waals surface area contributed by atoms with Crippen LogP contribution in [0.4, 0.5) is 5.69 Å². The number of nitrogens with zero attached hydrogens (tertiary/aromatic N) is 2. The predicted octanol–water partition coefficient (Wildman–Crippen LogP) is 2.08. The summed E-state index contributed by atoms with van der Waals surface area (Å²) in [5.74, 6) is -0.541. The molecule has 0 fully saturated rings. The van der Waals surface area contributed by atoms with Gasteiger partial charge in [0.05, 0.1) is 17.7 Å². The number of ether oxygens (including phenoxy) is 1. The standard InChI is InChI=1S/C12H11N3O4/c1-7-3-4-8(5-11(7)15(17)18)9-6-10(14-13-9)12(16)19-2/h3-6H,1-2H3,(H,13,14). The molecule has 0 aliphatic rings. The van der Waals surface area contributed by atoms with E-state index in [4.69, 9.17) is 0 Å². The molecule has 0 spiro atoms. The highest BCUT2D eigenvalue weighted by atomic mass is 16.6. The number of esters is 1. The van der Waals surface area contributed by atoms with Gasteiger partial charge >= 0.3 is 5.97 Å². The van der Waals surface area contributed by atoms with Crippen molar-refractivity contribution in [3.63, 3.8) is 0 Å². The fourth-order valence-electron chi connectivity index (χ4n) is 1.65. The molecule has 0 atom stereocenters. The summed E-state index contributed by atoms with van der Waals surface area (Å²) in [5.41, 5.74) is 1.78. The molecular weight excluding hydrogens is 250 g/mol. The summed E-state index contributed by atoms with van der Waals surface area (Å²) in [7, 11) is 1.26. The van der Waals surface area contributed by atoms with E-state index in [0.29, 0.717) is 16.8 Å². The highest BCUT2D eigenvalue weighted by molar-refractivity contribution is 5.88. The van der Waals surface area contributed by atoms with Gasteiger partial charge in [-0.05, 0) is 13.0 Å². The molecule has 0 bridgehead atoms. The maximum atomic E-state index is 11.3. The highest BCUT2D eigenvalue weighted by Gasteiger charge is 2.15. The number of carbonyl (C=O) groups excluding carboxylic acids is 1. The van der Waals surface area contributed by atoms with Gasteiger partial charge in [0.2, 0.25) is 0 Å². The van der Waals surface area contributed by atoms with Crippen LogP contribution >= 0.6 is 0 Å². The van der Waals surface area contributed by atoms with Gasteiger partial charge in [0, 0.05) is 17.2 Å². The molecule has 0 saturated heterocycles. The largest absolute Gasteiger partial charge is 0.464 e. The molecule has 0 amide bonds. The number of nitro benzene ring substituents is 1. The topological polar surface area (TPSA) is 98.1 Å². The molecule has 98 valence electrons. The maximum absolute atomic E-state index is 11.3. The lowest BCUT2D eigenvalue weighted by atomic mass is 10.1. The van der Waals surface area contributed by atoms with E-state index in [1.807, 2.05) is 0 Å². The Morgan fingerprint density at radius 2 is 2.16 bits per heavy atom. The van der Waals surface area contributed by atoms with Crippen molar-refractivity contribution in [3.05, 3.63) is 45.6 Å². The Kier molecular flexibility index (Phi) is 3.28. The van der Waals surface area contributed by atoms with Crippen molar-refractivity contribution in [2.75, 3.05) is 7.11 Å². The van der Waals surface area contributed by atoms with Gasteiger partial charge < -0.3 is 4.74 Å². The first-order valence-electron chi connectivity index (χ1n) is 5.42. The third kappa shape index (κ3) is 2.44. The zero-order valence-corrected chi connectivity index (χ0v) is 10.3. The number of nitrogens with one attached hydrogen (secondary N) is 1. The Hall–Kier alpha value is -2.70. The van der Waals surface area contributed by atoms with Crippen LogP contribution in [-0.2, 0) is 4.74 Å². The molecule has 0 unspecified atom stereocenters. The third-order valence-corrected chi connectivity index (χ3v) is 2.68. The van der Waals surface area contributed by atoms with Crippen LogP contribution in [0.2, 0.25) is 0 Å². The fraction of sp³-hybridized carbons (Fsp3) is 0.167. The van der Waals surface area contributed by atoms with E-state index in [1.165, 1.54) is 19.2 Å². The normalized spacial score (nSPS) is 10.2. The van der Waals surface area contributed by atoms with Crippen LogP contribution in [0.25, 0.3) is 11.3 Å². The molecule has 0 aliphatic heterocycles. The number of hydrogen-bond acceptors (Lipinski definition) is 5. The van der Waals surface area contributed by atoms with Crippen LogP contribution in [0.1, 0.15) is 16.1 Å².